The maximum atomic E-state index is 12.2. The number of rotatable bonds is 7. The van der Waals surface area contributed by atoms with Crippen molar-refractivity contribution in [3.8, 4) is 0 Å². The van der Waals surface area contributed by atoms with Gasteiger partial charge in [0.05, 0.1) is 12.5 Å². The molecular formula is C13H17BrN2O4. The molecular weight excluding hydrogens is 328 g/mol. The van der Waals surface area contributed by atoms with Crippen LogP contribution in [-0.4, -0.2) is 41.3 Å². The number of hydrogen-bond donors (Lipinski definition) is 2. The quantitative estimate of drug-likeness (QED) is 0.790. The molecule has 0 spiro atoms. The molecule has 0 bridgehead atoms. The van der Waals surface area contributed by atoms with E-state index in [2.05, 4.69) is 21.2 Å². The van der Waals surface area contributed by atoms with Gasteiger partial charge < -0.3 is 19.7 Å². The predicted octanol–water partition coefficient (Wildman–Crippen LogP) is 1.81. The normalized spacial score (nSPS) is 15.9. The molecule has 0 aromatic carbocycles. The number of aliphatic carboxylic acids is 1. The highest BCUT2D eigenvalue weighted by Crippen LogP contribution is 2.37. The third-order valence-corrected chi connectivity index (χ3v) is 3.65. The summed E-state index contributed by atoms with van der Waals surface area (Å²) < 4.78 is 7.85. The van der Waals surface area contributed by atoms with Crippen molar-refractivity contribution in [2.45, 2.75) is 31.4 Å². The molecule has 0 saturated heterocycles. The lowest BCUT2D eigenvalue weighted by atomic mass is 10.2. The number of amides is 1. The summed E-state index contributed by atoms with van der Waals surface area (Å²) in [6, 6.07) is 2.17. The Hall–Kier alpha value is -1.34. The van der Waals surface area contributed by atoms with Crippen molar-refractivity contribution in [1.29, 1.82) is 0 Å². The Morgan fingerprint density at radius 2 is 2.30 bits per heavy atom. The summed E-state index contributed by atoms with van der Waals surface area (Å²) >= 11 is 3.37. The highest BCUT2D eigenvalue weighted by Gasteiger charge is 2.28. The third-order valence-electron chi connectivity index (χ3n) is 3.21. The molecule has 1 atom stereocenters. The van der Waals surface area contributed by atoms with Crippen LogP contribution in [0.1, 0.15) is 35.8 Å². The number of ether oxygens (including phenoxy) is 1. The van der Waals surface area contributed by atoms with Crippen LogP contribution in [0.5, 0.6) is 0 Å². The molecule has 1 unspecified atom stereocenters. The van der Waals surface area contributed by atoms with Gasteiger partial charge in [0.25, 0.3) is 5.91 Å². The smallest absolute Gasteiger partial charge is 0.306 e. The van der Waals surface area contributed by atoms with E-state index in [1.54, 1.807) is 6.07 Å². The summed E-state index contributed by atoms with van der Waals surface area (Å²) in [5, 5.41) is 11.4. The second-order valence-corrected chi connectivity index (χ2v) is 5.76. The molecule has 1 aromatic heterocycles. The van der Waals surface area contributed by atoms with Crippen LogP contribution in [0.15, 0.2) is 16.7 Å². The summed E-state index contributed by atoms with van der Waals surface area (Å²) in [5.74, 6) is -1.16. The SMILES string of the molecule is COC(CNC(=O)c1cc(Br)cn1C1CC1)CC(=O)O. The lowest BCUT2D eigenvalue weighted by Crippen LogP contribution is -2.35. The van der Waals surface area contributed by atoms with Crippen LogP contribution in [0.25, 0.3) is 0 Å². The van der Waals surface area contributed by atoms with Gasteiger partial charge in [-0.25, -0.2) is 0 Å². The highest BCUT2D eigenvalue weighted by atomic mass is 79.9. The molecule has 1 aliphatic carbocycles. The zero-order valence-corrected chi connectivity index (χ0v) is 12.7. The fourth-order valence-corrected chi connectivity index (χ4v) is 2.45. The summed E-state index contributed by atoms with van der Waals surface area (Å²) in [7, 11) is 1.43. The summed E-state index contributed by atoms with van der Waals surface area (Å²) in [4.78, 5) is 22.8. The van der Waals surface area contributed by atoms with Crippen molar-refractivity contribution in [3.05, 3.63) is 22.4 Å². The summed E-state index contributed by atoms with van der Waals surface area (Å²) in [5.41, 5.74) is 0.588. The Labute approximate surface area is 125 Å². The zero-order chi connectivity index (χ0) is 14.7. The van der Waals surface area contributed by atoms with E-state index in [1.165, 1.54) is 7.11 Å². The minimum atomic E-state index is -0.949. The van der Waals surface area contributed by atoms with Gasteiger partial charge in [-0.2, -0.15) is 0 Å². The second kappa shape index (κ2) is 6.41. The molecule has 6 nitrogen and oxygen atoms in total. The van der Waals surface area contributed by atoms with Crippen LogP contribution in [0.4, 0.5) is 0 Å². The van der Waals surface area contributed by atoms with Crippen LogP contribution in [-0.2, 0) is 9.53 Å². The van der Waals surface area contributed by atoms with Crippen LogP contribution in [0, 0.1) is 0 Å². The van der Waals surface area contributed by atoms with Crippen molar-refractivity contribution < 1.29 is 19.4 Å². The van der Waals surface area contributed by atoms with Crippen LogP contribution >= 0.6 is 15.9 Å². The first-order chi connectivity index (χ1) is 9.51. The summed E-state index contributed by atoms with van der Waals surface area (Å²) in [6.45, 7) is 0.176. The number of halogens is 1. The number of carbonyl (C=O) groups is 2. The van der Waals surface area contributed by atoms with Crippen molar-refractivity contribution in [2.24, 2.45) is 0 Å². The molecule has 0 aliphatic heterocycles. The monoisotopic (exact) mass is 344 g/mol. The number of hydrogen-bond acceptors (Lipinski definition) is 3. The zero-order valence-electron chi connectivity index (χ0n) is 11.1. The number of nitrogens with one attached hydrogen (secondary N) is 1. The van der Waals surface area contributed by atoms with E-state index in [0.29, 0.717) is 11.7 Å². The Bertz CT molecular complexity index is 510. The van der Waals surface area contributed by atoms with Crippen molar-refractivity contribution in [2.75, 3.05) is 13.7 Å². The Morgan fingerprint density at radius 3 is 2.85 bits per heavy atom. The van der Waals surface area contributed by atoms with Crippen molar-refractivity contribution >= 4 is 27.8 Å². The fraction of sp³-hybridized carbons (Fsp3) is 0.538. The lowest BCUT2D eigenvalue weighted by molar-refractivity contribution is -0.139. The Morgan fingerprint density at radius 1 is 1.60 bits per heavy atom. The molecule has 7 heteroatoms. The number of nitrogens with zero attached hydrogens (tertiary/aromatic N) is 1. The lowest BCUT2D eigenvalue weighted by Gasteiger charge is -2.14. The average Bonchev–Trinajstić information content (AvgIpc) is 3.16. The Kier molecular flexibility index (Phi) is 4.82. The van der Waals surface area contributed by atoms with E-state index in [1.807, 2.05) is 10.8 Å². The van der Waals surface area contributed by atoms with Crippen molar-refractivity contribution in [3.63, 3.8) is 0 Å². The first kappa shape index (κ1) is 15.1. The first-order valence-electron chi connectivity index (χ1n) is 6.41. The molecule has 110 valence electrons. The predicted molar refractivity (Wildman–Crippen MR) is 75.8 cm³/mol. The number of carbonyl (C=O) groups excluding carboxylic acids is 1. The van der Waals surface area contributed by atoms with Gasteiger partial charge in [-0.05, 0) is 34.8 Å². The van der Waals surface area contributed by atoms with Gasteiger partial charge in [0.15, 0.2) is 0 Å². The molecule has 1 fully saturated rings. The van der Waals surface area contributed by atoms with E-state index < -0.39 is 12.1 Å². The Balaban J connectivity index is 1.96. The molecule has 1 amide bonds. The molecule has 0 radical (unpaired) electrons. The maximum Gasteiger partial charge on any atom is 0.306 e. The van der Waals surface area contributed by atoms with Crippen LogP contribution in [0.3, 0.4) is 0 Å². The van der Waals surface area contributed by atoms with Gasteiger partial charge in [0, 0.05) is 30.4 Å². The van der Waals surface area contributed by atoms with Gasteiger partial charge in [0.1, 0.15) is 5.69 Å². The maximum absolute atomic E-state index is 12.2. The average molecular weight is 345 g/mol. The molecule has 2 N–H and O–H groups in total. The standard InChI is InChI=1S/C13H17BrN2O4/c1-20-10(5-12(17)18)6-15-13(19)11-4-8(14)7-16(11)9-2-3-9/h4,7,9-10H,2-3,5-6H2,1H3,(H,15,19)(H,17,18). The largest absolute Gasteiger partial charge is 0.481 e. The molecule has 1 heterocycles. The van der Waals surface area contributed by atoms with E-state index in [0.717, 1.165) is 17.3 Å². The molecule has 2 rings (SSSR count). The van der Waals surface area contributed by atoms with Gasteiger partial charge in [-0.1, -0.05) is 0 Å². The third kappa shape index (κ3) is 3.83. The van der Waals surface area contributed by atoms with E-state index in [4.69, 9.17) is 9.84 Å². The van der Waals surface area contributed by atoms with Crippen LogP contribution < -0.4 is 5.32 Å². The van der Waals surface area contributed by atoms with Gasteiger partial charge in [0.2, 0.25) is 0 Å². The van der Waals surface area contributed by atoms with Crippen LogP contribution in [0.2, 0.25) is 0 Å². The topological polar surface area (TPSA) is 80.6 Å². The fourth-order valence-electron chi connectivity index (χ4n) is 2.01. The van der Waals surface area contributed by atoms with E-state index in [9.17, 15) is 9.59 Å². The molecule has 1 aliphatic rings. The number of carboxylic acids is 1. The minimum Gasteiger partial charge on any atom is -0.481 e. The highest BCUT2D eigenvalue weighted by molar-refractivity contribution is 9.10. The molecule has 1 aromatic rings. The van der Waals surface area contributed by atoms with Gasteiger partial charge in [-0.3, -0.25) is 9.59 Å². The molecule has 1 saturated carbocycles. The van der Waals surface area contributed by atoms with E-state index >= 15 is 0 Å². The first-order valence-corrected chi connectivity index (χ1v) is 7.20. The number of aromatic nitrogens is 1. The number of methoxy groups -OCH3 is 1. The van der Waals surface area contributed by atoms with E-state index in [-0.39, 0.29) is 18.9 Å². The van der Waals surface area contributed by atoms with Gasteiger partial charge >= 0.3 is 5.97 Å². The molecule has 20 heavy (non-hydrogen) atoms. The summed E-state index contributed by atoms with van der Waals surface area (Å²) in [6.07, 6.45) is 3.41. The number of carboxylic acid groups (broad SMARTS) is 1. The van der Waals surface area contributed by atoms with Gasteiger partial charge in [-0.15, -0.1) is 0 Å². The second-order valence-electron chi connectivity index (χ2n) is 4.85. The minimum absolute atomic E-state index is 0.135. The van der Waals surface area contributed by atoms with Crippen molar-refractivity contribution in [1.82, 2.24) is 9.88 Å².